The number of hydrogen-bond donors (Lipinski definition) is 5. The van der Waals surface area contributed by atoms with Crippen LogP contribution < -0.4 is 0 Å². The van der Waals surface area contributed by atoms with E-state index in [1.807, 2.05) is 6.08 Å². The van der Waals surface area contributed by atoms with E-state index in [1.54, 1.807) is 6.08 Å². The molecule has 1 aliphatic heterocycles. The van der Waals surface area contributed by atoms with Crippen molar-refractivity contribution in [2.75, 3.05) is 13.2 Å². The van der Waals surface area contributed by atoms with Gasteiger partial charge in [0.1, 0.15) is 30.2 Å². The highest BCUT2D eigenvalue weighted by Crippen LogP contribution is 2.34. The summed E-state index contributed by atoms with van der Waals surface area (Å²) < 4.78 is 10.6. The fourth-order valence-corrected chi connectivity index (χ4v) is 3.59. The van der Waals surface area contributed by atoms with Crippen LogP contribution in [0.15, 0.2) is 12.2 Å². The van der Waals surface area contributed by atoms with E-state index in [0.29, 0.717) is 25.7 Å². The number of ketones is 1. The van der Waals surface area contributed by atoms with Gasteiger partial charge < -0.3 is 35.0 Å². The number of hydrogen-bond acceptors (Lipinski definition) is 8. The lowest BCUT2D eigenvalue weighted by molar-refractivity contribution is -0.300. The summed E-state index contributed by atoms with van der Waals surface area (Å²) in [5, 5.41) is 47.3. The number of allylic oxidation sites excluding steroid dienone is 1. The minimum absolute atomic E-state index is 0.00443. The number of carbonyl (C=O) groups excluding carboxylic acids is 1. The Bertz CT molecular complexity index is 533. The molecule has 0 radical (unpaired) electrons. The van der Waals surface area contributed by atoms with Gasteiger partial charge in [0.25, 0.3) is 0 Å². The molecule has 1 heterocycles. The number of carbonyl (C=O) groups is 2. The molecule has 154 valence electrons. The molecule has 9 nitrogen and oxygen atoms in total. The lowest BCUT2D eigenvalue weighted by atomic mass is 9.89. The van der Waals surface area contributed by atoms with Gasteiger partial charge in [-0.25, -0.2) is 0 Å². The predicted octanol–water partition coefficient (Wildman–Crippen LogP) is -0.791. The first kappa shape index (κ1) is 21.9. The van der Waals surface area contributed by atoms with Crippen molar-refractivity contribution < 1.29 is 44.6 Å². The standard InChI is InChI=1S/C18H28O9/c19-9-13-15(23)16(24)17(25)18(27-13)26-7-3-1-2-4-11-10(8-14(21)22)5-6-12(11)20/h1-2,10-11,13,15-19,23-25H,3-9H2,(H,21,22)/b2-1-/t10?,11?,13-,15-,16+,17-,18-/m1/s1. The van der Waals surface area contributed by atoms with Crippen LogP contribution >= 0.6 is 0 Å². The second-order valence-electron chi connectivity index (χ2n) is 7.03. The van der Waals surface area contributed by atoms with Crippen LogP contribution in [0.1, 0.15) is 32.1 Å². The largest absolute Gasteiger partial charge is 0.481 e. The average Bonchev–Trinajstić information content (AvgIpc) is 2.96. The summed E-state index contributed by atoms with van der Waals surface area (Å²) in [5.41, 5.74) is 0. The van der Waals surface area contributed by atoms with Gasteiger partial charge in [-0.2, -0.15) is 0 Å². The molecule has 0 aromatic carbocycles. The van der Waals surface area contributed by atoms with Crippen LogP contribution in [-0.2, 0) is 19.1 Å². The fraction of sp³-hybridized carbons (Fsp3) is 0.778. The van der Waals surface area contributed by atoms with Gasteiger partial charge in [-0.05, 0) is 25.2 Å². The first-order valence-electron chi connectivity index (χ1n) is 9.16. The van der Waals surface area contributed by atoms with Crippen molar-refractivity contribution >= 4 is 11.8 Å². The molecule has 5 N–H and O–H groups in total. The monoisotopic (exact) mass is 388 g/mol. The zero-order valence-corrected chi connectivity index (χ0v) is 15.0. The number of ether oxygens (including phenoxy) is 2. The van der Waals surface area contributed by atoms with E-state index >= 15 is 0 Å². The first-order valence-corrected chi connectivity index (χ1v) is 9.16. The number of Topliss-reactive ketones (excluding diaryl/α,β-unsaturated/α-hetero) is 1. The molecule has 0 spiro atoms. The quantitative estimate of drug-likeness (QED) is 0.252. The maximum Gasteiger partial charge on any atom is 0.303 e. The van der Waals surface area contributed by atoms with Gasteiger partial charge in [-0.3, -0.25) is 9.59 Å². The topological polar surface area (TPSA) is 154 Å². The van der Waals surface area contributed by atoms with E-state index in [4.69, 9.17) is 19.7 Å². The number of rotatable bonds is 9. The van der Waals surface area contributed by atoms with Crippen molar-refractivity contribution in [1.29, 1.82) is 0 Å². The molecule has 7 atom stereocenters. The summed E-state index contributed by atoms with van der Waals surface area (Å²) in [5.74, 6) is -1.17. The molecule has 2 fully saturated rings. The maximum atomic E-state index is 11.9. The molecule has 1 saturated heterocycles. The van der Waals surface area contributed by atoms with Crippen LogP contribution in [0.2, 0.25) is 0 Å². The van der Waals surface area contributed by atoms with Gasteiger partial charge >= 0.3 is 5.97 Å². The first-order chi connectivity index (χ1) is 12.8. The summed E-state index contributed by atoms with van der Waals surface area (Å²) in [4.78, 5) is 22.7. The van der Waals surface area contributed by atoms with Crippen molar-refractivity contribution in [1.82, 2.24) is 0 Å². The normalized spacial score (nSPS) is 37.2. The van der Waals surface area contributed by atoms with E-state index in [-0.39, 0.29) is 30.6 Å². The van der Waals surface area contributed by atoms with E-state index in [9.17, 15) is 24.9 Å². The molecule has 1 saturated carbocycles. The third kappa shape index (κ3) is 5.81. The zero-order chi connectivity index (χ0) is 20.0. The maximum absolute atomic E-state index is 11.9. The van der Waals surface area contributed by atoms with Gasteiger partial charge in [0.05, 0.1) is 13.2 Å². The number of aliphatic carboxylic acids is 1. The Morgan fingerprint density at radius 2 is 1.93 bits per heavy atom. The Morgan fingerprint density at radius 1 is 1.19 bits per heavy atom. The van der Waals surface area contributed by atoms with Crippen molar-refractivity contribution in [2.45, 2.75) is 62.8 Å². The summed E-state index contributed by atoms with van der Waals surface area (Å²) in [6, 6.07) is 0. The summed E-state index contributed by atoms with van der Waals surface area (Å²) >= 11 is 0. The fourth-order valence-electron chi connectivity index (χ4n) is 3.59. The third-order valence-corrected chi connectivity index (χ3v) is 5.15. The minimum Gasteiger partial charge on any atom is -0.481 e. The zero-order valence-electron chi connectivity index (χ0n) is 15.0. The van der Waals surface area contributed by atoms with Crippen LogP contribution in [0, 0.1) is 11.8 Å². The lowest BCUT2D eigenvalue weighted by Gasteiger charge is -2.39. The Kier molecular flexibility index (Phi) is 8.33. The van der Waals surface area contributed by atoms with Crippen molar-refractivity contribution in [3.63, 3.8) is 0 Å². The lowest BCUT2D eigenvalue weighted by Crippen LogP contribution is -2.59. The molecule has 27 heavy (non-hydrogen) atoms. The minimum atomic E-state index is -1.48. The number of aliphatic hydroxyl groups excluding tert-OH is 4. The number of carboxylic acid groups (broad SMARTS) is 1. The SMILES string of the molecule is O=C(O)CC1CCC(=O)C1C/C=C\CCO[C@@H]1O[C@H](CO)[C@@H](O)[C@H](O)[C@H]1O. The molecule has 0 aromatic rings. The van der Waals surface area contributed by atoms with Gasteiger partial charge in [0, 0.05) is 18.8 Å². The van der Waals surface area contributed by atoms with Crippen molar-refractivity contribution in [3.05, 3.63) is 12.2 Å². The van der Waals surface area contributed by atoms with Crippen LogP contribution in [0.4, 0.5) is 0 Å². The van der Waals surface area contributed by atoms with Crippen molar-refractivity contribution in [2.24, 2.45) is 11.8 Å². The van der Waals surface area contributed by atoms with Crippen LogP contribution in [0.25, 0.3) is 0 Å². The highest BCUT2D eigenvalue weighted by Gasteiger charge is 2.43. The second-order valence-corrected chi connectivity index (χ2v) is 7.03. The van der Waals surface area contributed by atoms with Gasteiger partial charge in [-0.15, -0.1) is 0 Å². The van der Waals surface area contributed by atoms with E-state index in [1.165, 1.54) is 0 Å². The summed E-state index contributed by atoms with van der Waals surface area (Å²) in [6.45, 7) is -0.353. The molecule has 2 unspecified atom stereocenters. The molecular weight excluding hydrogens is 360 g/mol. The van der Waals surface area contributed by atoms with Crippen molar-refractivity contribution in [3.8, 4) is 0 Å². The highest BCUT2D eigenvalue weighted by atomic mass is 16.7. The van der Waals surface area contributed by atoms with E-state index < -0.39 is 43.3 Å². The average molecular weight is 388 g/mol. The summed E-state index contributed by atoms with van der Waals surface area (Å²) in [7, 11) is 0. The molecule has 0 amide bonds. The van der Waals surface area contributed by atoms with Crippen LogP contribution in [-0.4, -0.2) is 81.2 Å². The smallest absolute Gasteiger partial charge is 0.303 e. The Morgan fingerprint density at radius 3 is 2.59 bits per heavy atom. The van der Waals surface area contributed by atoms with Gasteiger partial charge in [0.2, 0.25) is 0 Å². The Hall–Kier alpha value is -1.36. The number of carboxylic acids is 1. The molecule has 9 heteroatoms. The molecule has 2 aliphatic rings. The number of aliphatic hydroxyl groups is 4. The second kappa shape index (κ2) is 10.3. The van der Waals surface area contributed by atoms with Gasteiger partial charge in [0.15, 0.2) is 6.29 Å². The highest BCUT2D eigenvalue weighted by molar-refractivity contribution is 5.84. The van der Waals surface area contributed by atoms with E-state index in [0.717, 1.165) is 0 Å². The Labute approximate surface area is 157 Å². The molecular formula is C18H28O9. The van der Waals surface area contributed by atoms with Crippen LogP contribution in [0.5, 0.6) is 0 Å². The third-order valence-electron chi connectivity index (χ3n) is 5.15. The molecule has 0 aromatic heterocycles. The van der Waals surface area contributed by atoms with Gasteiger partial charge in [-0.1, -0.05) is 12.2 Å². The van der Waals surface area contributed by atoms with E-state index in [2.05, 4.69) is 0 Å². The van der Waals surface area contributed by atoms with Crippen LogP contribution in [0.3, 0.4) is 0 Å². The summed E-state index contributed by atoms with van der Waals surface area (Å²) in [6.07, 6.45) is -0.898. The Balaban J connectivity index is 1.73. The molecule has 2 rings (SSSR count). The molecule has 1 aliphatic carbocycles. The predicted molar refractivity (Wildman–Crippen MR) is 91.6 cm³/mol. The molecule has 0 bridgehead atoms.